The van der Waals surface area contributed by atoms with Crippen LogP contribution in [0.4, 0.5) is 4.79 Å². The molecule has 1 aromatic heterocycles. The van der Waals surface area contributed by atoms with Crippen molar-refractivity contribution >= 4 is 22.3 Å². The van der Waals surface area contributed by atoms with Crippen LogP contribution in [0.5, 0.6) is 0 Å². The smallest absolute Gasteiger partial charge is 0.435 e. The summed E-state index contributed by atoms with van der Waals surface area (Å²) in [7, 11) is -3.75. The van der Waals surface area contributed by atoms with Crippen LogP contribution in [0, 0.1) is 6.92 Å². The Balaban J connectivity index is 2.03. The molecule has 0 spiro atoms. The van der Waals surface area contributed by atoms with Gasteiger partial charge in [0.2, 0.25) is 0 Å². The van der Waals surface area contributed by atoms with Gasteiger partial charge in [0.25, 0.3) is 10.0 Å². The minimum atomic E-state index is -3.75. The Morgan fingerprint density at radius 1 is 1.28 bits per heavy atom. The molecular weight excluding hydrogens is 344 g/mol. The maximum atomic E-state index is 12.1. The van der Waals surface area contributed by atoms with Gasteiger partial charge in [0.15, 0.2) is 0 Å². The number of sulfonamides is 1. The molecule has 0 amide bonds. The van der Waals surface area contributed by atoms with Crippen molar-refractivity contribution in [3.8, 4) is 0 Å². The lowest BCUT2D eigenvalue weighted by molar-refractivity contribution is 0.0514. The number of hydrazone groups is 1. The number of nitrogens with one attached hydrogen (secondary N) is 1. The van der Waals surface area contributed by atoms with Crippen LogP contribution in [-0.2, 0) is 14.8 Å². The van der Waals surface area contributed by atoms with E-state index >= 15 is 0 Å². The maximum absolute atomic E-state index is 12.1. The van der Waals surface area contributed by atoms with E-state index in [2.05, 4.69) is 15.0 Å². The topological polar surface area (TPSA) is 103 Å². The van der Waals surface area contributed by atoms with Gasteiger partial charge in [-0.15, -0.1) is 0 Å². The van der Waals surface area contributed by atoms with Crippen LogP contribution < -0.4 is 4.83 Å². The van der Waals surface area contributed by atoms with Crippen molar-refractivity contribution in [3.63, 3.8) is 0 Å². The molecule has 1 aromatic carbocycles. The van der Waals surface area contributed by atoms with E-state index in [0.717, 1.165) is 10.2 Å². The van der Waals surface area contributed by atoms with E-state index < -0.39 is 21.7 Å². The zero-order valence-electron chi connectivity index (χ0n) is 14.4. The van der Waals surface area contributed by atoms with Gasteiger partial charge in [0.1, 0.15) is 5.60 Å². The Morgan fingerprint density at radius 3 is 2.52 bits per heavy atom. The summed E-state index contributed by atoms with van der Waals surface area (Å²) in [6, 6.07) is 6.38. The molecular formula is C16H20N4O4S. The van der Waals surface area contributed by atoms with Crippen molar-refractivity contribution in [2.24, 2.45) is 5.10 Å². The lowest BCUT2D eigenvalue weighted by Gasteiger charge is -2.18. The van der Waals surface area contributed by atoms with Crippen LogP contribution in [0.15, 0.2) is 46.7 Å². The second-order valence-electron chi connectivity index (χ2n) is 6.36. The summed E-state index contributed by atoms with van der Waals surface area (Å²) in [5.74, 6) is 0. The monoisotopic (exact) mass is 364 g/mol. The highest BCUT2D eigenvalue weighted by atomic mass is 32.2. The summed E-state index contributed by atoms with van der Waals surface area (Å²) >= 11 is 0. The van der Waals surface area contributed by atoms with E-state index in [1.165, 1.54) is 30.7 Å². The molecule has 1 N–H and O–H groups in total. The van der Waals surface area contributed by atoms with Crippen molar-refractivity contribution in [1.29, 1.82) is 0 Å². The van der Waals surface area contributed by atoms with Gasteiger partial charge in [-0.1, -0.05) is 17.7 Å². The second-order valence-corrected chi connectivity index (χ2v) is 8.03. The van der Waals surface area contributed by atoms with E-state index in [1.54, 1.807) is 32.9 Å². The Kier molecular flexibility index (Phi) is 5.27. The molecule has 1 heterocycles. The largest absolute Gasteiger partial charge is 0.442 e. The van der Waals surface area contributed by atoms with Crippen molar-refractivity contribution in [2.75, 3.05) is 0 Å². The predicted octanol–water partition coefficient (Wildman–Crippen LogP) is 2.29. The molecule has 0 bridgehead atoms. The van der Waals surface area contributed by atoms with Crippen LogP contribution in [0.3, 0.4) is 0 Å². The highest BCUT2D eigenvalue weighted by Gasteiger charge is 2.18. The highest BCUT2D eigenvalue weighted by molar-refractivity contribution is 7.89. The molecule has 9 heteroatoms. The minimum Gasteiger partial charge on any atom is -0.442 e. The third-order valence-corrected chi connectivity index (χ3v) is 4.14. The molecule has 0 fully saturated rings. The number of nitrogens with zero attached hydrogens (tertiary/aromatic N) is 3. The molecule has 0 aliphatic heterocycles. The zero-order chi connectivity index (χ0) is 18.7. The van der Waals surface area contributed by atoms with E-state index in [4.69, 9.17) is 4.74 Å². The first-order chi connectivity index (χ1) is 11.6. The standard InChI is InChI=1S/C16H20N4O4S/c1-12-5-7-14(8-6-12)25(22,23)19-17-9-13-10-18-20(11-13)15(21)24-16(2,3)4/h5-11,19H,1-4H3/b17-9+. The number of rotatable bonds is 4. The van der Waals surface area contributed by atoms with Gasteiger partial charge < -0.3 is 4.74 Å². The number of hydrogen-bond donors (Lipinski definition) is 1. The lowest BCUT2D eigenvalue weighted by atomic mass is 10.2. The van der Waals surface area contributed by atoms with Crippen molar-refractivity contribution < 1.29 is 17.9 Å². The number of hydrogen-bond acceptors (Lipinski definition) is 6. The summed E-state index contributed by atoms with van der Waals surface area (Å²) < 4.78 is 30.4. The lowest BCUT2D eigenvalue weighted by Crippen LogP contribution is -2.27. The summed E-state index contributed by atoms with van der Waals surface area (Å²) in [6.07, 6.45) is 3.37. The molecule has 0 saturated heterocycles. The quantitative estimate of drug-likeness (QED) is 0.662. The van der Waals surface area contributed by atoms with Crippen molar-refractivity contribution in [1.82, 2.24) is 14.6 Å². The zero-order valence-corrected chi connectivity index (χ0v) is 15.2. The van der Waals surface area contributed by atoms with Gasteiger partial charge in [-0.3, -0.25) is 0 Å². The van der Waals surface area contributed by atoms with Gasteiger partial charge in [-0.2, -0.15) is 23.3 Å². The molecule has 0 atom stereocenters. The number of carbonyl (C=O) groups is 1. The third-order valence-electron chi connectivity index (χ3n) is 2.90. The second kappa shape index (κ2) is 7.06. The maximum Gasteiger partial charge on any atom is 0.435 e. The fourth-order valence-electron chi connectivity index (χ4n) is 1.75. The van der Waals surface area contributed by atoms with Crippen molar-refractivity contribution in [3.05, 3.63) is 47.8 Å². The fraction of sp³-hybridized carbons (Fsp3) is 0.312. The normalized spacial score (nSPS) is 12.3. The first-order valence-electron chi connectivity index (χ1n) is 7.46. The summed E-state index contributed by atoms with van der Waals surface area (Å²) in [4.78, 5) is 14.1. The van der Waals surface area contributed by atoms with Gasteiger partial charge in [0, 0.05) is 11.8 Å². The van der Waals surface area contributed by atoms with E-state index in [9.17, 15) is 13.2 Å². The Hall–Kier alpha value is -2.68. The Bertz CT molecular complexity index is 878. The van der Waals surface area contributed by atoms with E-state index in [1.807, 2.05) is 6.92 Å². The van der Waals surface area contributed by atoms with Crippen LogP contribution in [0.25, 0.3) is 0 Å². The van der Waals surface area contributed by atoms with Crippen LogP contribution in [0.2, 0.25) is 0 Å². The first kappa shape index (κ1) is 18.7. The van der Waals surface area contributed by atoms with Crippen LogP contribution >= 0.6 is 0 Å². The molecule has 2 rings (SSSR count). The van der Waals surface area contributed by atoms with Crippen LogP contribution in [0.1, 0.15) is 31.9 Å². The average Bonchev–Trinajstić information content (AvgIpc) is 2.95. The molecule has 0 saturated carbocycles. The van der Waals surface area contributed by atoms with Gasteiger partial charge >= 0.3 is 6.09 Å². The Labute approximate surface area is 146 Å². The average molecular weight is 364 g/mol. The number of ether oxygens (including phenoxy) is 1. The van der Waals surface area contributed by atoms with Crippen molar-refractivity contribution in [2.45, 2.75) is 38.2 Å². The summed E-state index contributed by atoms with van der Waals surface area (Å²) in [5.41, 5.74) is 0.760. The highest BCUT2D eigenvalue weighted by Crippen LogP contribution is 2.10. The molecule has 25 heavy (non-hydrogen) atoms. The SMILES string of the molecule is Cc1ccc(S(=O)(=O)N/N=C/c2cnn(C(=O)OC(C)(C)C)c2)cc1. The molecule has 0 unspecified atom stereocenters. The van der Waals surface area contributed by atoms with E-state index in [0.29, 0.717) is 5.56 Å². The predicted molar refractivity (Wildman–Crippen MR) is 93.0 cm³/mol. The van der Waals surface area contributed by atoms with Gasteiger partial charge in [-0.25, -0.2) is 9.63 Å². The molecule has 0 aliphatic rings. The van der Waals surface area contributed by atoms with Gasteiger partial charge in [-0.05, 0) is 39.8 Å². The number of benzene rings is 1. The molecule has 2 aromatic rings. The minimum absolute atomic E-state index is 0.111. The number of carbonyl (C=O) groups excluding carboxylic acids is 1. The molecule has 0 aliphatic carbocycles. The van der Waals surface area contributed by atoms with E-state index in [-0.39, 0.29) is 4.90 Å². The third kappa shape index (κ3) is 5.42. The fourth-order valence-corrected chi connectivity index (χ4v) is 2.54. The van der Waals surface area contributed by atoms with Crippen LogP contribution in [-0.4, -0.2) is 36.1 Å². The molecule has 8 nitrogen and oxygen atoms in total. The number of aryl methyl sites for hydroxylation is 1. The summed E-state index contributed by atoms with van der Waals surface area (Å²) in [6.45, 7) is 7.11. The molecule has 0 radical (unpaired) electrons. The first-order valence-corrected chi connectivity index (χ1v) is 8.95. The number of aromatic nitrogens is 2. The van der Waals surface area contributed by atoms with Gasteiger partial charge in [0.05, 0.1) is 17.3 Å². The summed E-state index contributed by atoms with van der Waals surface area (Å²) in [5, 5.41) is 7.55. The Morgan fingerprint density at radius 2 is 1.92 bits per heavy atom. The molecule has 134 valence electrons.